The van der Waals surface area contributed by atoms with Gasteiger partial charge in [0.05, 0.1) is 17.6 Å². The molecular formula is C25H24N4O. The van der Waals surface area contributed by atoms with Crippen LogP contribution in [0, 0.1) is 0 Å². The van der Waals surface area contributed by atoms with Crippen LogP contribution in [0.15, 0.2) is 78.9 Å². The Morgan fingerprint density at radius 1 is 0.933 bits per heavy atom. The van der Waals surface area contributed by atoms with Crippen LogP contribution in [0.1, 0.15) is 21.7 Å². The highest BCUT2D eigenvalue weighted by molar-refractivity contribution is 6.04. The molecule has 1 amide bonds. The summed E-state index contributed by atoms with van der Waals surface area (Å²) < 4.78 is 2.30. The maximum absolute atomic E-state index is 12.4. The Morgan fingerprint density at radius 2 is 1.70 bits per heavy atom. The Morgan fingerprint density at radius 3 is 2.50 bits per heavy atom. The monoisotopic (exact) mass is 396 g/mol. The molecule has 0 saturated carbocycles. The molecule has 5 nitrogen and oxygen atoms in total. The molecule has 5 rings (SSSR count). The summed E-state index contributed by atoms with van der Waals surface area (Å²) in [6.45, 7) is 3.85. The molecule has 4 aromatic rings. The zero-order valence-electron chi connectivity index (χ0n) is 16.8. The second kappa shape index (κ2) is 8.13. The predicted molar refractivity (Wildman–Crippen MR) is 120 cm³/mol. The van der Waals surface area contributed by atoms with Gasteiger partial charge in [0.15, 0.2) is 0 Å². The third-order valence-corrected chi connectivity index (χ3v) is 5.69. The molecule has 3 aromatic carbocycles. The van der Waals surface area contributed by atoms with Gasteiger partial charge in [-0.2, -0.15) is 0 Å². The summed E-state index contributed by atoms with van der Waals surface area (Å²) >= 11 is 0. The molecule has 5 heteroatoms. The van der Waals surface area contributed by atoms with Crippen LogP contribution in [0.4, 0.5) is 5.69 Å². The van der Waals surface area contributed by atoms with E-state index in [0.29, 0.717) is 5.56 Å². The first kappa shape index (κ1) is 18.6. The van der Waals surface area contributed by atoms with E-state index in [1.165, 1.54) is 5.56 Å². The zero-order chi connectivity index (χ0) is 20.3. The number of imidazole rings is 1. The lowest BCUT2D eigenvalue weighted by molar-refractivity contribution is 0.102. The van der Waals surface area contributed by atoms with Gasteiger partial charge < -0.3 is 9.88 Å². The van der Waals surface area contributed by atoms with Crippen molar-refractivity contribution in [3.63, 3.8) is 0 Å². The summed E-state index contributed by atoms with van der Waals surface area (Å²) in [5.41, 5.74) is 4.85. The Labute approximate surface area is 176 Å². The van der Waals surface area contributed by atoms with Crippen LogP contribution in [-0.2, 0) is 19.5 Å². The van der Waals surface area contributed by atoms with E-state index in [4.69, 9.17) is 4.98 Å². The molecular weight excluding hydrogens is 372 g/mol. The van der Waals surface area contributed by atoms with Crippen molar-refractivity contribution in [1.29, 1.82) is 0 Å². The van der Waals surface area contributed by atoms with E-state index in [1.54, 1.807) is 0 Å². The first-order chi connectivity index (χ1) is 14.8. The maximum atomic E-state index is 12.4. The molecule has 0 bridgehead atoms. The standard InChI is InChI=1S/C25H24N4O/c30-25(20-9-5-2-6-10-20)26-21-11-12-23-22(17-21)27-24-18-28(15-16-29(23)24)14-13-19-7-3-1-4-8-19/h1-12,17H,13-16,18H2,(H,26,30). The van der Waals surface area contributed by atoms with Crippen molar-refractivity contribution in [3.05, 3.63) is 95.8 Å². The van der Waals surface area contributed by atoms with Gasteiger partial charge in [-0.15, -0.1) is 0 Å². The fourth-order valence-electron chi connectivity index (χ4n) is 4.06. The number of hydrogen-bond acceptors (Lipinski definition) is 3. The number of aromatic nitrogens is 2. The first-order valence-corrected chi connectivity index (χ1v) is 10.4. The molecule has 1 N–H and O–H groups in total. The number of anilines is 1. The fraction of sp³-hybridized carbons (Fsp3) is 0.200. The van der Waals surface area contributed by atoms with Gasteiger partial charge in [0.2, 0.25) is 0 Å². The molecule has 30 heavy (non-hydrogen) atoms. The van der Waals surface area contributed by atoms with Gasteiger partial charge in [-0.3, -0.25) is 9.69 Å². The van der Waals surface area contributed by atoms with Gasteiger partial charge in [0.25, 0.3) is 5.91 Å². The highest BCUT2D eigenvalue weighted by Crippen LogP contribution is 2.24. The van der Waals surface area contributed by atoms with Crippen molar-refractivity contribution in [2.45, 2.75) is 19.5 Å². The lowest BCUT2D eigenvalue weighted by Gasteiger charge is -2.27. The van der Waals surface area contributed by atoms with Gasteiger partial charge in [0.1, 0.15) is 5.82 Å². The summed E-state index contributed by atoms with van der Waals surface area (Å²) in [6, 6.07) is 25.9. The average molecular weight is 396 g/mol. The van der Waals surface area contributed by atoms with E-state index in [1.807, 2.05) is 42.5 Å². The number of carbonyl (C=O) groups is 1. The predicted octanol–water partition coefficient (Wildman–Crippen LogP) is 4.35. The Balaban J connectivity index is 1.30. The molecule has 0 saturated heterocycles. The lowest BCUT2D eigenvalue weighted by atomic mass is 10.1. The van der Waals surface area contributed by atoms with Crippen LogP contribution in [-0.4, -0.2) is 33.4 Å². The molecule has 0 aliphatic carbocycles. The van der Waals surface area contributed by atoms with E-state index in [9.17, 15) is 4.79 Å². The summed E-state index contributed by atoms with van der Waals surface area (Å²) in [5.74, 6) is 0.988. The van der Waals surface area contributed by atoms with Gasteiger partial charge in [0, 0.05) is 30.9 Å². The van der Waals surface area contributed by atoms with Crippen LogP contribution in [0.2, 0.25) is 0 Å². The number of fused-ring (bicyclic) bond motifs is 3. The lowest BCUT2D eigenvalue weighted by Crippen LogP contribution is -2.35. The minimum Gasteiger partial charge on any atom is -0.326 e. The summed E-state index contributed by atoms with van der Waals surface area (Å²) in [4.78, 5) is 19.8. The highest BCUT2D eigenvalue weighted by Gasteiger charge is 2.20. The van der Waals surface area contributed by atoms with Crippen LogP contribution < -0.4 is 5.32 Å². The van der Waals surface area contributed by atoms with Crippen molar-refractivity contribution < 1.29 is 4.79 Å². The van der Waals surface area contributed by atoms with Crippen molar-refractivity contribution in [3.8, 4) is 0 Å². The Kier molecular flexibility index (Phi) is 5.03. The minimum atomic E-state index is -0.106. The second-order valence-electron chi connectivity index (χ2n) is 7.72. The van der Waals surface area contributed by atoms with E-state index in [-0.39, 0.29) is 5.91 Å². The van der Waals surface area contributed by atoms with Crippen molar-refractivity contribution >= 4 is 22.6 Å². The number of carbonyl (C=O) groups excluding carboxylic acids is 1. The molecule has 0 fully saturated rings. The smallest absolute Gasteiger partial charge is 0.255 e. The van der Waals surface area contributed by atoms with Gasteiger partial charge in [-0.25, -0.2) is 4.98 Å². The molecule has 0 spiro atoms. The number of amides is 1. The van der Waals surface area contributed by atoms with E-state index in [0.717, 1.165) is 55.1 Å². The average Bonchev–Trinajstić information content (AvgIpc) is 3.16. The van der Waals surface area contributed by atoms with Gasteiger partial charge in [-0.05, 0) is 42.3 Å². The normalized spacial score (nSPS) is 13.9. The third-order valence-electron chi connectivity index (χ3n) is 5.69. The fourth-order valence-corrected chi connectivity index (χ4v) is 4.06. The van der Waals surface area contributed by atoms with Crippen LogP contribution in [0.5, 0.6) is 0 Å². The van der Waals surface area contributed by atoms with Gasteiger partial charge in [-0.1, -0.05) is 48.5 Å². The van der Waals surface area contributed by atoms with Gasteiger partial charge >= 0.3 is 0 Å². The minimum absolute atomic E-state index is 0.106. The molecule has 0 unspecified atom stereocenters. The largest absolute Gasteiger partial charge is 0.326 e. The number of nitrogens with one attached hydrogen (secondary N) is 1. The number of rotatable bonds is 5. The third kappa shape index (κ3) is 3.84. The van der Waals surface area contributed by atoms with E-state index in [2.05, 4.69) is 51.2 Å². The molecule has 1 aromatic heterocycles. The Hall–Kier alpha value is -3.44. The molecule has 150 valence electrons. The quantitative estimate of drug-likeness (QED) is 0.546. The van der Waals surface area contributed by atoms with Crippen molar-refractivity contribution in [2.24, 2.45) is 0 Å². The second-order valence-corrected chi connectivity index (χ2v) is 7.72. The first-order valence-electron chi connectivity index (χ1n) is 10.4. The molecule has 2 heterocycles. The number of nitrogens with zero attached hydrogens (tertiary/aromatic N) is 3. The molecule has 0 radical (unpaired) electrons. The SMILES string of the molecule is O=C(Nc1ccc2c(c1)nc1n2CCN(CCc2ccccc2)C1)c1ccccc1. The summed E-state index contributed by atoms with van der Waals surface area (Å²) in [7, 11) is 0. The highest BCUT2D eigenvalue weighted by atomic mass is 16.1. The van der Waals surface area contributed by atoms with E-state index >= 15 is 0 Å². The molecule has 1 aliphatic rings. The summed E-state index contributed by atoms with van der Waals surface area (Å²) in [5, 5.41) is 2.98. The van der Waals surface area contributed by atoms with E-state index < -0.39 is 0 Å². The topological polar surface area (TPSA) is 50.2 Å². The maximum Gasteiger partial charge on any atom is 0.255 e. The molecule has 1 aliphatic heterocycles. The number of hydrogen-bond donors (Lipinski definition) is 1. The van der Waals surface area contributed by atoms with Crippen LogP contribution in [0.3, 0.4) is 0 Å². The summed E-state index contributed by atoms with van der Waals surface area (Å²) in [6.07, 6.45) is 1.05. The number of benzene rings is 3. The van der Waals surface area contributed by atoms with Crippen LogP contribution in [0.25, 0.3) is 11.0 Å². The zero-order valence-corrected chi connectivity index (χ0v) is 16.8. The van der Waals surface area contributed by atoms with Crippen LogP contribution >= 0.6 is 0 Å². The Bertz CT molecular complexity index is 1170. The van der Waals surface area contributed by atoms with Crippen molar-refractivity contribution in [1.82, 2.24) is 14.5 Å². The molecule has 0 atom stereocenters. The van der Waals surface area contributed by atoms with Crippen molar-refractivity contribution in [2.75, 3.05) is 18.4 Å².